The quantitative estimate of drug-likeness (QED) is 0.629. The Hall–Kier alpha value is -2.93. The molecule has 0 spiro atoms. The second-order valence-electron chi connectivity index (χ2n) is 6.73. The zero-order chi connectivity index (χ0) is 19.7. The van der Waals surface area contributed by atoms with Gasteiger partial charge in [-0.15, -0.1) is 11.3 Å². The van der Waals surface area contributed by atoms with E-state index in [-0.39, 0.29) is 11.7 Å². The molecule has 0 aliphatic carbocycles. The van der Waals surface area contributed by atoms with Crippen LogP contribution in [-0.2, 0) is 0 Å². The minimum atomic E-state index is -0.402. The van der Waals surface area contributed by atoms with Gasteiger partial charge in [-0.2, -0.15) is 0 Å². The van der Waals surface area contributed by atoms with Crippen molar-refractivity contribution in [2.45, 2.75) is 6.92 Å². The Morgan fingerprint density at radius 1 is 1.00 bits per heavy atom. The molecule has 4 rings (SSSR count). The van der Waals surface area contributed by atoms with Crippen molar-refractivity contribution in [3.05, 3.63) is 70.4 Å². The highest BCUT2D eigenvalue weighted by molar-refractivity contribution is 7.12. The first-order valence-corrected chi connectivity index (χ1v) is 9.98. The van der Waals surface area contributed by atoms with Gasteiger partial charge in [0, 0.05) is 44.1 Å². The van der Waals surface area contributed by atoms with Crippen LogP contribution < -0.4 is 4.90 Å². The fourth-order valence-corrected chi connectivity index (χ4v) is 4.29. The van der Waals surface area contributed by atoms with Crippen LogP contribution in [0.15, 0.2) is 54.2 Å². The van der Waals surface area contributed by atoms with Crippen LogP contribution in [0.2, 0.25) is 0 Å². The van der Waals surface area contributed by atoms with Crippen LogP contribution in [0, 0.1) is 5.82 Å². The van der Waals surface area contributed by atoms with Crippen LogP contribution in [-0.4, -0.2) is 47.3 Å². The average molecular weight is 397 g/mol. The molecule has 1 saturated heterocycles. The number of piperazine rings is 1. The summed E-state index contributed by atoms with van der Waals surface area (Å²) in [6.45, 7) is 3.56. The molecule has 0 atom stereocenters. The minimum Gasteiger partial charge on any atom is -0.366 e. The number of halogens is 1. The molecule has 1 aliphatic heterocycles. The van der Waals surface area contributed by atoms with Gasteiger partial charge in [-0.3, -0.25) is 9.59 Å². The Morgan fingerprint density at radius 2 is 1.71 bits per heavy atom. The molecule has 144 valence electrons. The van der Waals surface area contributed by atoms with Gasteiger partial charge in [0.05, 0.1) is 11.4 Å². The number of carbonyl (C=O) groups excluding carboxylic acids is 2. The van der Waals surface area contributed by atoms with E-state index in [0.717, 1.165) is 5.69 Å². The van der Waals surface area contributed by atoms with Crippen LogP contribution in [0.25, 0.3) is 5.69 Å². The molecule has 1 fully saturated rings. The lowest BCUT2D eigenvalue weighted by atomic mass is 10.1. The maximum absolute atomic E-state index is 14.4. The number of aromatic nitrogens is 1. The number of carbonyl (C=O) groups is 2. The fraction of sp³-hybridized carbons (Fsp3) is 0.238. The molecule has 0 bridgehead atoms. The third kappa shape index (κ3) is 3.45. The molecule has 1 aromatic carbocycles. The van der Waals surface area contributed by atoms with Crippen molar-refractivity contribution in [3.8, 4) is 5.69 Å². The number of hydrogen-bond acceptors (Lipinski definition) is 4. The SMILES string of the molecule is CC(=O)c1ccc(N2CCN(C(=O)c3sccc3-n3cccc3)CC2)c(F)c1. The zero-order valence-corrected chi connectivity index (χ0v) is 16.3. The molecule has 1 aliphatic rings. The molecular weight excluding hydrogens is 377 g/mol. The summed E-state index contributed by atoms with van der Waals surface area (Å²) < 4.78 is 16.3. The maximum atomic E-state index is 14.4. The second-order valence-corrected chi connectivity index (χ2v) is 7.64. The smallest absolute Gasteiger partial charge is 0.266 e. The number of benzene rings is 1. The van der Waals surface area contributed by atoms with Crippen molar-refractivity contribution in [1.82, 2.24) is 9.47 Å². The lowest BCUT2D eigenvalue weighted by Gasteiger charge is -2.36. The van der Waals surface area contributed by atoms with E-state index in [1.165, 1.54) is 24.3 Å². The van der Waals surface area contributed by atoms with Crippen LogP contribution in [0.5, 0.6) is 0 Å². The lowest BCUT2D eigenvalue weighted by molar-refractivity contribution is 0.0751. The molecule has 3 aromatic rings. The maximum Gasteiger partial charge on any atom is 0.266 e. The van der Waals surface area contributed by atoms with Crippen LogP contribution >= 0.6 is 11.3 Å². The predicted molar refractivity (Wildman–Crippen MR) is 108 cm³/mol. The number of hydrogen-bond donors (Lipinski definition) is 0. The monoisotopic (exact) mass is 397 g/mol. The third-order valence-corrected chi connectivity index (χ3v) is 5.87. The van der Waals surface area contributed by atoms with Gasteiger partial charge in [0.2, 0.25) is 0 Å². The summed E-state index contributed by atoms with van der Waals surface area (Å²) in [6, 6.07) is 10.4. The molecule has 0 unspecified atom stereocenters. The average Bonchev–Trinajstić information content (AvgIpc) is 3.39. The van der Waals surface area contributed by atoms with Gasteiger partial charge in [-0.25, -0.2) is 4.39 Å². The third-order valence-electron chi connectivity index (χ3n) is 4.98. The van der Waals surface area contributed by atoms with E-state index in [0.29, 0.717) is 42.3 Å². The van der Waals surface area contributed by atoms with Crippen LogP contribution in [0.3, 0.4) is 0 Å². The second kappa shape index (κ2) is 7.59. The zero-order valence-electron chi connectivity index (χ0n) is 15.5. The van der Waals surface area contributed by atoms with E-state index in [1.807, 2.05) is 50.3 Å². The van der Waals surface area contributed by atoms with Crippen molar-refractivity contribution in [2.24, 2.45) is 0 Å². The van der Waals surface area contributed by atoms with E-state index < -0.39 is 5.82 Å². The molecule has 0 N–H and O–H groups in total. The van der Waals surface area contributed by atoms with E-state index in [1.54, 1.807) is 12.1 Å². The Bertz CT molecular complexity index is 1000. The van der Waals surface area contributed by atoms with Gasteiger partial charge in [0.15, 0.2) is 5.78 Å². The van der Waals surface area contributed by atoms with Crippen molar-refractivity contribution in [1.29, 1.82) is 0 Å². The molecule has 28 heavy (non-hydrogen) atoms. The van der Waals surface area contributed by atoms with Crippen LogP contribution in [0.1, 0.15) is 27.0 Å². The van der Waals surface area contributed by atoms with Crippen molar-refractivity contribution in [3.63, 3.8) is 0 Å². The largest absolute Gasteiger partial charge is 0.366 e. The van der Waals surface area contributed by atoms with Crippen molar-refractivity contribution in [2.75, 3.05) is 31.1 Å². The first-order chi connectivity index (χ1) is 13.5. The summed E-state index contributed by atoms with van der Waals surface area (Å²) in [5.74, 6) is -0.554. The van der Waals surface area contributed by atoms with Gasteiger partial charge < -0.3 is 14.4 Å². The molecule has 1 amide bonds. The summed E-state index contributed by atoms with van der Waals surface area (Å²) in [7, 11) is 0. The molecular formula is C21H20FN3O2S. The van der Waals surface area contributed by atoms with E-state index in [9.17, 15) is 14.0 Å². The molecule has 7 heteroatoms. The van der Waals surface area contributed by atoms with Gasteiger partial charge >= 0.3 is 0 Å². The van der Waals surface area contributed by atoms with Gasteiger partial charge in [0.1, 0.15) is 10.7 Å². The van der Waals surface area contributed by atoms with E-state index in [2.05, 4.69) is 0 Å². The Kier molecular flexibility index (Phi) is 5.00. The highest BCUT2D eigenvalue weighted by atomic mass is 32.1. The number of Topliss-reactive ketones (excluding diaryl/α,β-unsaturated/α-hetero) is 1. The first-order valence-electron chi connectivity index (χ1n) is 9.10. The highest BCUT2D eigenvalue weighted by Crippen LogP contribution is 2.26. The summed E-state index contributed by atoms with van der Waals surface area (Å²) >= 11 is 1.44. The first kappa shape index (κ1) is 18.4. The van der Waals surface area contributed by atoms with Crippen molar-refractivity contribution >= 4 is 28.7 Å². The minimum absolute atomic E-state index is 0.00532. The number of thiophene rings is 1. The number of ketones is 1. The number of amides is 1. The normalized spacial score (nSPS) is 14.4. The molecule has 5 nitrogen and oxygen atoms in total. The highest BCUT2D eigenvalue weighted by Gasteiger charge is 2.26. The fourth-order valence-electron chi connectivity index (χ4n) is 3.44. The Labute approximate surface area is 166 Å². The van der Waals surface area contributed by atoms with Crippen LogP contribution in [0.4, 0.5) is 10.1 Å². The van der Waals surface area contributed by atoms with Gasteiger partial charge in [0.25, 0.3) is 5.91 Å². The summed E-state index contributed by atoms with van der Waals surface area (Å²) in [6.07, 6.45) is 3.84. The molecule has 0 saturated carbocycles. The Morgan fingerprint density at radius 3 is 2.36 bits per heavy atom. The molecule has 3 heterocycles. The molecule has 0 radical (unpaired) electrons. The number of nitrogens with zero attached hydrogens (tertiary/aromatic N) is 3. The van der Waals surface area contributed by atoms with Gasteiger partial charge in [-0.05, 0) is 48.7 Å². The van der Waals surface area contributed by atoms with E-state index >= 15 is 0 Å². The van der Waals surface area contributed by atoms with Crippen molar-refractivity contribution < 1.29 is 14.0 Å². The lowest BCUT2D eigenvalue weighted by Crippen LogP contribution is -2.49. The standard InChI is InChI=1S/C21H20FN3O2S/c1-15(26)16-4-5-18(17(22)14-16)24-9-11-25(12-10-24)21(27)20-19(6-13-28-20)23-7-2-3-8-23/h2-8,13-14H,9-12H2,1H3. The summed E-state index contributed by atoms with van der Waals surface area (Å²) in [5.41, 5.74) is 1.72. The summed E-state index contributed by atoms with van der Waals surface area (Å²) in [5, 5.41) is 1.92. The predicted octanol–water partition coefficient (Wildman–Crippen LogP) is 3.84. The molecule has 2 aromatic heterocycles. The Balaban J connectivity index is 1.46. The summed E-state index contributed by atoms with van der Waals surface area (Å²) in [4.78, 5) is 28.9. The van der Waals surface area contributed by atoms with Gasteiger partial charge in [-0.1, -0.05) is 0 Å². The number of anilines is 1. The number of rotatable bonds is 4. The topological polar surface area (TPSA) is 45.6 Å². The van der Waals surface area contributed by atoms with E-state index in [4.69, 9.17) is 0 Å².